The maximum Gasteiger partial charge on any atom is 0.422 e. The van der Waals surface area contributed by atoms with Crippen LogP contribution >= 0.6 is 0 Å². The number of alkyl halides is 3. The van der Waals surface area contributed by atoms with Crippen LogP contribution in [0.15, 0.2) is 12.2 Å². The number of ether oxygens (including phenoxy) is 3. The van der Waals surface area contributed by atoms with Crippen LogP contribution < -0.4 is 0 Å². The Labute approximate surface area is 156 Å². The summed E-state index contributed by atoms with van der Waals surface area (Å²) in [4.78, 5) is 23.6. The number of carbonyl (C=O) groups excluding carboxylic acids is 2. The van der Waals surface area contributed by atoms with Crippen molar-refractivity contribution in [1.82, 2.24) is 0 Å². The monoisotopic (exact) mass is 390 g/mol. The van der Waals surface area contributed by atoms with Crippen LogP contribution in [-0.4, -0.2) is 41.5 Å². The SMILES string of the molecule is C=C(C(=O)OC1C2CC3C1OC(C)(C)C3C2C(C)(C)OC(C)=O)C(F)(F)F. The minimum atomic E-state index is -4.84. The molecule has 8 heteroatoms. The van der Waals surface area contributed by atoms with Gasteiger partial charge in [-0.15, -0.1) is 0 Å². The van der Waals surface area contributed by atoms with Crippen LogP contribution in [0, 0.1) is 23.7 Å². The number of hydrogen-bond donors (Lipinski definition) is 0. The molecule has 1 saturated heterocycles. The topological polar surface area (TPSA) is 61.8 Å². The second-order valence-electron chi connectivity index (χ2n) is 8.84. The molecule has 2 aliphatic carbocycles. The van der Waals surface area contributed by atoms with Gasteiger partial charge in [0.05, 0.1) is 11.7 Å². The van der Waals surface area contributed by atoms with E-state index < -0.39 is 47.1 Å². The van der Waals surface area contributed by atoms with Gasteiger partial charge in [0, 0.05) is 18.8 Å². The van der Waals surface area contributed by atoms with Crippen molar-refractivity contribution in [2.45, 2.75) is 70.6 Å². The van der Waals surface area contributed by atoms with E-state index in [9.17, 15) is 22.8 Å². The second kappa shape index (κ2) is 5.96. The molecule has 0 aromatic heterocycles. The van der Waals surface area contributed by atoms with Crippen molar-refractivity contribution in [3.05, 3.63) is 12.2 Å². The van der Waals surface area contributed by atoms with Crippen molar-refractivity contribution >= 4 is 11.9 Å². The molecule has 3 aliphatic rings. The molecule has 3 fully saturated rings. The number of rotatable bonds is 4. The molecule has 0 amide bonds. The lowest BCUT2D eigenvalue weighted by Gasteiger charge is -2.43. The van der Waals surface area contributed by atoms with E-state index in [1.54, 1.807) is 13.8 Å². The highest BCUT2D eigenvalue weighted by molar-refractivity contribution is 5.89. The van der Waals surface area contributed by atoms with Gasteiger partial charge in [-0.1, -0.05) is 6.58 Å². The zero-order valence-electron chi connectivity index (χ0n) is 16.1. The average Bonchev–Trinajstić information content (AvgIpc) is 3.06. The third-order valence-electron chi connectivity index (χ3n) is 6.31. The van der Waals surface area contributed by atoms with Crippen LogP contribution in [0.5, 0.6) is 0 Å². The molecule has 1 aliphatic heterocycles. The van der Waals surface area contributed by atoms with E-state index in [-0.39, 0.29) is 23.7 Å². The van der Waals surface area contributed by atoms with Gasteiger partial charge in [0.1, 0.15) is 17.3 Å². The molecule has 5 nitrogen and oxygen atoms in total. The number of fused-ring (bicyclic) bond motifs is 1. The Morgan fingerprint density at radius 2 is 1.78 bits per heavy atom. The smallest absolute Gasteiger partial charge is 0.422 e. The van der Waals surface area contributed by atoms with Gasteiger partial charge in [-0.2, -0.15) is 13.2 Å². The molecule has 2 bridgehead atoms. The van der Waals surface area contributed by atoms with Crippen molar-refractivity contribution in [1.29, 1.82) is 0 Å². The molecular weight excluding hydrogens is 365 g/mol. The van der Waals surface area contributed by atoms with E-state index in [0.717, 1.165) is 0 Å². The minimum absolute atomic E-state index is 0.0433. The van der Waals surface area contributed by atoms with Gasteiger partial charge in [-0.05, 0) is 46.0 Å². The molecular formula is C19H25F3O5. The van der Waals surface area contributed by atoms with Crippen molar-refractivity contribution in [3.8, 4) is 0 Å². The first-order valence-corrected chi connectivity index (χ1v) is 9.01. The summed E-state index contributed by atoms with van der Waals surface area (Å²) in [6, 6.07) is 0. The molecule has 152 valence electrons. The van der Waals surface area contributed by atoms with Crippen molar-refractivity contribution in [2.75, 3.05) is 0 Å². The number of halogens is 3. The molecule has 2 saturated carbocycles. The Morgan fingerprint density at radius 3 is 2.30 bits per heavy atom. The van der Waals surface area contributed by atoms with Crippen LogP contribution in [0.4, 0.5) is 13.2 Å². The van der Waals surface area contributed by atoms with Crippen LogP contribution in [0.3, 0.4) is 0 Å². The molecule has 6 unspecified atom stereocenters. The summed E-state index contributed by atoms with van der Waals surface area (Å²) >= 11 is 0. The molecule has 6 atom stereocenters. The Balaban J connectivity index is 1.90. The van der Waals surface area contributed by atoms with Gasteiger partial charge in [0.15, 0.2) is 0 Å². The average molecular weight is 390 g/mol. The van der Waals surface area contributed by atoms with Gasteiger partial charge in [0.25, 0.3) is 0 Å². The summed E-state index contributed by atoms with van der Waals surface area (Å²) in [6.45, 7) is 11.6. The van der Waals surface area contributed by atoms with Gasteiger partial charge < -0.3 is 14.2 Å². The summed E-state index contributed by atoms with van der Waals surface area (Å²) in [5, 5.41) is 0. The lowest BCUT2D eigenvalue weighted by atomic mass is 9.66. The van der Waals surface area contributed by atoms with Crippen molar-refractivity contribution < 1.29 is 37.0 Å². The van der Waals surface area contributed by atoms with Crippen LogP contribution in [0.25, 0.3) is 0 Å². The lowest BCUT2D eigenvalue weighted by Crippen LogP contribution is -2.51. The fourth-order valence-electron chi connectivity index (χ4n) is 5.69. The first-order chi connectivity index (χ1) is 12.2. The zero-order valence-corrected chi connectivity index (χ0v) is 16.1. The maximum atomic E-state index is 12.8. The molecule has 0 radical (unpaired) electrons. The van der Waals surface area contributed by atoms with Gasteiger partial charge in [-0.25, -0.2) is 4.79 Å². The molecule has 3 rings (SSSR count). The molecule has 27 heavy (non-hydrogen) atoms. The van der Waals surface area contributed by atoms with Crippen LogP contribution in [-0.2, 0) is 23.8 Å². The summed E-state index contributed by atoms with van der Waals surface area (Å²) < 4.78 is 55.3. The summed E-state index contributed by atoms with van der Waals surface area (Å²) in [6.07, 6.45) is -5.46. The summed E-state index contributed by atoms with van der Waals surface area (Å²) in [5.74, 6) is -2.25. The standard InChI is InChI=1S/C19H25F3O5/c1-8(19(20,21)22)16(24)25-14-10-7-11-13(18(5,6)27-15(11)14)12(10)17(3,4)26-9(2)23/h10-15H,1,7H2,2-6H3. The highest BCUT2D eigenvalue weighted by Crippen LogP contribution is 2.66. The second-order valence-corrected chi connectivity index (χ2v) is 8.84. The number of hydrogen-bond acceptors (Lipinski definition) is 5. The zero-order chi connectivity index (χ0) is 20.5. The Morgan fingerprint density at radius 1 is 1.19 bits per heavy atom. The third-order valence-corrected chi connectivity index (χ3v) is 6.31. The van der Waals surface area contributed by atoms with E-state index in [2.05, 4.69) is 6.58 Å². The Hall–Kier alpha value is -1.57. The van der Waals surface area contributed by atoms with Crippen molar-refractivity contribution in [3.63, 3.8) is 0 Å². The predicted molar refractivity (Wildman–Crippen MR) is 88.4 cm³/mol. The fourth-order valence-corrected chi connectivity index (χ4v) is 5.69. The van der Waals surface area contributed by atoms with E-state index >= 15 is 0 Å². The van der Waals surface area contributed by atoms with Crippen LogP contribution in [0.1, 0.15) is 41.0 Å². The summed E-state index contributed by atoms with van der Waals surface area (Å²) in [7, 11) is 0. The lowest BCUT2D eigenvalue weighted by molar-refractivity contribution is -0.175. The Kier molecular flexibility index (Phi) is 4.45. The summed E-state index contributed by atoms with van der Waals surface area (Å²) in [5.41, 5.74) is -2.96. The van der Waals surface area contributed by atoms with Gasteiger partial charge in [-0.3, -0.25) is 4.79 Å². The highest BCUT2D eigenvalue weighted by Gasteiger charge is 2.72. The van der Waals surface area contributed by atoms with Gasteiger partial charge >= 0.3 is 18.1 Å². The first-order valence-electron chi connectivity index (χ1n) is 9.01. The Bertz CT molecular complexity index is 681. The van der Waals surface area contributed by atoms with Gasteiger partial charge in [0.2, 0.25) is 0 Å². The quantitative estimate of drug-likeness (QED) is 0.544. The molecule has 0 aromatic carbocycles. The van der Waals surface area contributed by atoms with E-state index in [1.165, 1.54) is 6.92 Å². The number of carbonyl (C=O) groups is 2. The largest absolute Gasteiger partial charge is 0.460 e. The molecule has 1 heterocycles. The first kappa shape index (κ1) is 20.2. The van der Waals surface area contributed by atoms with E-state index in [0.29, 0.717) is 6.42 Å². The fraction of sp³-hybridized carbons (Fsp3) is 0.789. The maximum absolute atomic E-state index is 12.8. The van der Waals surface area contributed by atoms with Crippen molar-refractivity contribution in [2.24, 2.45) is 23.7 Å². The molecule has 0 aromatic rings. The highest BCUT2D eigenvalue weighted by atomic mass is 19.4. The van der Waals surface area contributed by atoms with E-state index in [4.69, 9.17) is 14.2 Å². The third kappa shape index (κ3) is 3.15. The number of esters is 2. The molecule has 0 N–H and O–H groups in total. The normalized spacial score (nSPS) is 36.6. The van der Waals surface area contributed by atoms with E-state index in [1.807, 2.05) is 13.8 Å². The minimum Gasteiger partial charge on any atom is -0.460 e. The van der Waals surface area contributed by atoms with Crippen LogP contribution in [0.2, 0.25) is 0 Å². The predicted octanol–water partition coefficient (Wildman–Crippen LogP) is 3.42. The molecule has 0 spiro atoms.